The number of piperazine rings is 1. The van der Waals surface area contributed by atoms with Crippen molar-refractivity contribution in [3.8, 4) is 0 Å². The Morgan fingerprint density at radius 1 is 1.06 bits per heavy atom. The fourth-order valence-corrected chi connectivity index (χ4v) is 4.80. The summed E-state index contributed by atoms with van der Waals surface area (Å²) in [5.41, 5.74) is 2.31. The number of sulfonamides is 1. The van der Waals surface area contributed by atoms with Gasteiger partial charge in [-0.25, -0.2) is 12.8 Å². The molecule has 0 bridgehead atoms. The maximum Gasteiger partial charge on any atom is 0.243 e. The number of carbonyl (C=O) groups is 1. The highest BCUT2D eigenvalue weighted by atomic mass is 32.2. The van der Waals surface area contributed by atoms with Gasteiger partial charge in [0.15, 0.2) is 0 Å². The monoisotopic (exact) mass is 448 g/mol. The summed E-state index contributed by atoms with van der Waals surface area (Å²) in [6.07, 6.45) is 1.03. The van der Waals surface area contributed by atoms with Gasteiger partial charge in [-0.3, -0.25) is 9.10 Å². The molecule has 2 aromatic rings. The van der Waals surface area contributed by atoms with Crippen LogP contribution in [0, 0.1) is 5.82 Å². The molecular weight excluding hydrogens is 419 g/mol. The first-order valence-corrected chi connectivity index (χ1v) is 12.0. The maximum atomic E-state index is 13.2. The zero-order valence-corrected chi connectivity index (χ0v) is 18.9. The SMILES string of the molecule is CC(C(=O)NCc1ccc(N2CCN(C)CC2)cc1)N(c1ccc(F)cc1)S(C)(=O)=O. The molecule has 0 aromatic heterocycles. The Kier molecular flexibility index (Phi) is 7.17. The van der Waals surface area contributed by atoms with Gasteiger partial charge in [0.1, 0.15) is 11.9 Å². The summed E-state index contributed by atoms with van der Waals surface area (Å²) < 4.78 is 38.8. The van der Waals surface area contributed by atoms with Crippen molar-refractivity contribution in [1.29, 1.82) is 0 Å². The van der Waals surface area contributed by atoms with Crippen molar-refractivity contribution in [2.24, 2.45) is 0 Å². The van der Waals surface area contributed by atoms with Gasteiger partial charge in [-0.05, 0) is 55.9 Å². The normalized spacial score (nSPS) is 16.1. The average molecular weight is 449 g/mol. The zero-order chi connectivity index (χ0) is 22.6. The number of hydrogen-bond acceptors (Lipinski definition) is 5. The molecule has 3 rings (SSSR count). The highest BCUT2D eigenvalue weighted by Crippen LogP contribution is 2.21. The van der Waals surface area contributed by atoms with Gasteiger partial charge in [-0.2, -0.15) is 0 Å². The van der Waals surface area contributed by atoms with E-state index < -0.39 is 27.8 Å². The van der Waals surface area contributed by atoms with E-state index in [1.807, 2.05) is 24.3 Å². The van der Waals surface area contributed by atoms with Crippen molar-refractivity contribution in [2.45, 2.75) is 19.5 Å². The van der Waals surface area contributed by atoms with Gasteiger partial charge in [0.2, 0.25) is 15.9 Å². The Morgan fingerprint density at radius 3 is 2.19 bits per heavy atom. The number of halogens is 1. The Bertz CT molecular complexity index is 988. The summed E-state index contributed by atoms with van der Waals surface area (Å²) in [7, 11) is -1.62. The van der Waals surface area contributed by atoms with E-state index in [0.717, 1.165) is 48.0 Å². The molecular formula is C22H29FN4O3S. The first-order valence-electron chi connectivity index (χ1n) is 10.2. The fourth-order valence-electron chi connectivity index (χ4n) is 3.62. The van der Waals surface area contributed by atoms with Gasteiger partial charge >= 0.3 is 0 Å². The molecule has 2 aromatic carbocycles. The number of nitrogens with one attached hydrogen (secondary N) is 1. The molecule has 1 saturated heterocycles. The molecule has 1 amide bonds. The second kappa shape index (κ2) is 9.65. The predicted octanol–water partition coefficient (Wildman–Crippen LogP) is 2.05. The van der Waals surface area contributed by atoms with E-state index in [-0.39, 0.29) is 12.2 Å². The van der Waals surface area contributed by atoms with E-state index in [4.69, 9.17) is 0 Å². The largest absolute Gasteiger partial charge is 0.369 e. The molecule has 0 radical (unpaired) electrons. The lowest BCUT2D eigenvalue weighted by Gasteiger charge is -2.34. The van der Waals surface area contributed by atoms with Crippen molar-refractivity contribution in [3.05, 3.63) is 59.9 Å². The first kappa shape index (κ1) is 23.0. The number of benzene rings is 2. The van der Waals surface area contributed by atoms with Crippen LogP contribution >= 0.6 is 0 Å². The van der Waals surface area contributed by atoms with Gasteiger partial charge in [0, 0.05) is 38.4 Å². The molecule has 31 heavy (non-hydrogen) atoms. The molecule has 9 heteroatoms. The van der Waals surface area contributed by atoms with Gasteiger partial charge < -0.3 is 15.1 Å². The van der Waals surface area contributed by atoms with Crippen LogP contribution in [0.15, 0.2) is 48.5 Å². The van der Waals surface area contributed by atoms with Crippen molar-refractivity contribution in [2.75, 3.05) is 48.7 Å². The predicted molar refractivity (Wildman–Crippen MR) is 121 cm³/mol. The summed E-state index contributed by atoms with van der Waals surface area (Å²) in [5, 5.41) is 2.80. The molecule has 1 aliphatic rings. The van der Waals surface area contributed by atoms with Crippen LogP contribution in [0.25, 0.3) is 0 Å². The van der Waals surface area contributed by atoms with Crippen molar-refractivity contribution >= 4 is 27.3 Å². The molecule has 1 fully saturated rings. The zero-order valence-electron chi connectivity index (χ0n) is 18.1. The third-order valence-corrected chi connectivity index (χ3v) is 6.68. The summed E-state index contributed by atoms with van der Waals surface area (Å²) in [6, 6.07) is 12.0. The van der Waals surface area contributed by atoms with Gasteiger partial charge in [0.05, 0.1) is 11.9 Å². The Labute approximate surface area is 183 Å². The molecule has 0 spiro atoms. The topological polar surface area (TPSA) is 73.0 Å². The standard InChI is InChI=1S/C22H29FN4O3S/c1-17(27(31(3,29)30)21-10-6-19(23)7-11-21)22(28)24-16-18-4-8-20(9-5-18)26-14-12-25(2)13-15-26/h4-11,17H,12-16H2,1-3H3,(H,24,28). The lowest BCUT2D eigenvalue weighted by molar-refractivity contribution is -0.122. The summed E-state index contributed by atoms with van der Waals surface area (Å²) in [4.78, 5) is 17.3. The molecule has 1 unspecified atom stereocenters. The van der Waals surface area contributed by atoms with Crippen molar-refractivity contribution in [3.63, 3.8) is 0 Å². The molecule has 1 aliphatic heterocycles. The van der Waals surface area contributed by atoms with Gasteiger partial charge in [0.25, 0.3) is 0 Å². The van der Waals surface area contributed by atoms with Crippen LogP contribution in [0.1, 0.15) is 12.5 Å². The van der Waals surface area contributed by atoms with Crippen molar-refractivity contribution in [1.82, 2.24) is 10.2 Å². The molecule has 1 atom stereocenters. The Hall–Kier alpha value is -2.65. The maximum absolute atomic E-state index is 13.2. The molecule has 1 heterocycles. The van der Waals surface area contributed by atoms with E-state index >= 15 is 0 Å². The highest BCUT2D eigenvalue weighted by Gasteiger charge is 2.29. The number of anilines is 2. The number of rotatable bonds is 7. The van der Waals surface area contributed by atoms with Gasteiger partial charge in [-0.1, -0.05) is 12.1 Å². The van der Waals surface area contributed by atoms with E-state index in [1.165, 1.54) is 31.2 Å². The lowest BCUT2D eigenvalue weighted by atomic mass is 10.1. The molecule has 0 saturated carbocycles. The number of carbonyl (C=O) groups excluding carboxylic acids is 1. The van der Waals surface area contributed by atoms with E-state index in [9.17, 15) is 17.6 Å². The minimum Gasteiger partial charge on any atom is -0.369 e. The quantitative estimate of drug-likeness (QED) is 0.702. The first-order chi connectivity index (χ1) is 14.6. The second-order valence-corrected chi connectivity index (χ2v) is 9.75. The molecule has 0 aliphatic carbocycles. The fraction of sp³-hybridized carbons (Fsp3) is 0.409. The summed E-state index contributed by atoms with van der Waals surface area (Å²) in [6.45, 7) is 5.81. The third-order valence-electron chi connectivity index (χ3n) is 5.44. The van der Waals surface area contributed by atoms with Crippen LogP contribution in [0.5, 0.6) is 0 Å². The van der Waals surface area contributed by atoms with Crippen LogP contribution in [-0.2, 0) is 21.4 Å². The minimum atomic E-state index is -3.74. The number of amides is 1. The lowest BCUT2D eigenvalue weighted by Crippen LogP contribution is -2.47. The Morgan fingerprint density at radius 2 is 1.65 bits per heavy atom. The molecule has 1 N–H and O–H groups in total. The molecule has 168 valence electrons. The highest BCUT2D eigenvalue weighted by molar-refractivity contribution is 7.92. The van der Waals surface area contributed by atoms with E-state index in [1.54, 1.807) is 0 Å². The Balaban J connectivity index is 1.62. The van der Waals surface area contributed by atoms with Crippen LogP contribution in [0.3, 0.4) is 0 Å². The van der Waals surface area contributed by atoms with E-state index in [0.29, 0.717) is 0 Å². The van der Waals surface area contributed by atoms with Gasteiger partial charge in [-0.15, -0.1) is 0 Å². The third kappa shape index (κ3) is 5.95. The van der Waals surface area contributed by atoms with Crippen LogP contribution in [0.2, 0.25) is 0 Å². The van der Waals surface area contributed by atoms with Crippen LogP contribution in [-0.4, -0.2) is 64.7 Å². The second-order valence-electron chi connectivity index (χ2n) is 7.89. The van der Waals surface area contributed by atoms with E-state index in [2.05, 4.69) is 22.2 Å². The minimum absolute atomic E-state index is 0.239. The molecule has 7 nitrogen and oxygen atoms in total. The van der Waals surface area contributed by atoms with Crippen LogP contribution < -0.4 is 14.5 Å². The smallest absolute Gasteiger partial charge is 0.243 e. The number of hydrogen-bond donors (Lipinski definition) is 1. The number of likely N-dealkylation sites (N-methyl/N-ethyl adjacent to an activating group) is 1. The van der Waals surface area contributed by atoms with Crippen LogP contribution in [0.4, 0.5) is 15.8 Å². The van der Waals surface area contributed by atoms with Crippen molar-refractivity contribution < 1.29 is 17.6 Å². The summed E-state index contributed by atoms with van der Waals surface area (Å²) in [5.74, 6) is -0.910. The summed E-state index contributed by atoms with van der Waals surface area (Å²) >= 11 is 0. The average Bonchev–Trinajstić information content (AvgIpc) is 2.73. The number of nitrogens with zero attached hydrogens (tertiary/aromatic N) is 3.